The highest BCUT2D eigenvalue weighted by atomic mass is 14.7. The van der Waals surface area contributed by atoms with Crippen LogP contribution in [0.15, 0.2) is 36.4 Å². The molecule has 2 aromatic rings. The average molecular weight is 229 g/mol. The SMILES string of the molecule is NCCC(CCN)c1ccc2ccccc2n1. The van der Waals surface area contributed by atoms with E-state index in [0.717, 1.165) is 24.1 Å². The Labute approximate surface area is 102 Å². The Balaban J connectivity index is 2.32. The second-order valence-corrected chi connectivity index (χ2v) is 4.28. The van der Waals surface area contributed by atoms with Crippen molar-refractivity contribution in [3.05, 3.63) is 42.1 Å². The molecule has 0 aliphatic carbocycles. The van der Waals surface area contributed by atoms with Gasteiger partial charge in [0.25, 0.3) is 0 Å². The molecule has 3 nitrogen and oxygen atoms in total. The van der Waals surface area contributed by atoms with Crippen LogP contribution in [0.1, 0.15) is 24.5 Å². The minimum Gasteiger partial charge on any atom is -0.330 e. The molecule has 1 heterocycles. The summed E-state index contributed by atoms with van der Waals surface area (Å²) in [4.78, 5) is 4.70. The molecule has 1 aromatic heterocycles. The summed E-state index contributed by atoms with van der Waals surface area (Å²) < 4.78 is 0. The summed E-state index contributed by atoms with van der Waals surface area (Å²) in [6, 6.07) is 12.4. The number of pyridine rings is 1. The standard InChI is InChI=1S/C14H19N3/c15-9-7-12(8-10-16)14-6-5-11-3-1-2-4-13(11)17-14/h1-6,12H,7-10,15-16H2. The fraction of sp³-hybridized carbons (Fsp3) is 0.357. The molecule has 0 saturated carbocycles. The minimum atomic E-state index is 0.384. The molecule has 90 valence electrons. The van der Waals surface area contributed by atoms with Crippen molar-refractivity contribution in [1.29, 1.82) is 0 Å². The van der Waals surface area contributed by atoms with E-state index in [1.807, 2.05) is 18.2 Å². The zero-order valence-corrected chi connectivity index (χ0v) is 9.97. The van der Waals surface area contributed by atoms with Crippen LogP contribution in [0.5, 0.6) is 0 Å². The molecule has 2 rings (SSSR count). The van der Waals surface area contributed by atoms with Gasteiger partial charge in [0, 0.05) is 17.0 Å². The van der Waals surface area contributed by atoms with Gasteiger partial charge in [0.05, 0.1) is 5.52 Å². The molecule has 0 saturated heterocycles. The highest BCUT2D eigenvalue weighted by Gasteiger charge is 2.11. The molecule has 0 bridgehead atoms. The van der Waals surface area contributed by atoms with Gasteiger partial charge in [-0.2, -0.15) is 0 Å². The summed E-state index contributed by atoms with van der Waals surface area (Å²) in [5.74, 6) is 0.384. The first-order chi connectivity index (χ1) is 8.35. The second kappa shape index (κ2) is 5.75. The van der Waals surface area contributed by atoms with E-state index in [9.17, 15) is 0 Å². The van der Waals surface area contributed by atoms with Crippen LogP contribution < -0.4 is 11.5 Å². The Morgan fingerprint density at radius 1 is 0.941 bits per heavy atom. The lowest BCUT2D eigenvalue weighted by atomic mass is 9.96. The zero-order chi connectivity index (χ0) is 12.1. The van der Waals surface area contributed by atoms with Crippen LogP contribution in [0.2, 0.25) is 0 Å². The monoisotopic (exact) mass is 229 g/mol. The fourth-order valence-electron chi connectivity index (χ4n) is 2.15. The predicted molar refractivity (Wildman–Crippen MR) is 71.8 cm³/mol. The van der Waals surface area contributed by atoms with Crippen molar-refractivity contribution in [2.75, 3.05) is 13.1 Å². The van der Waals surface area contributed by atoms with E-state index in [4.69, 9.17) is 16.5 Å². The molecule has 0 fully saturated rings. The van der Waals surface area contributed by atoms with Crippen LogP contribution in [-0.2, 0) is 0 Å². The van der Waals surface area contributed by atoms with Crippen molar-refractivity contribution < 1.29 is 0 Å². The molecule has 4 N–H and O–H groups in total. The zero-order valence-electron chi connectivity index (χ0n) is 9.97. The Morgan fingerprint density at radius 2 is 1.65 bits per heavy atom. The van der Waals surface area contributed by atoms with Gasteiger partial charge in [-0.15, -0.1) is 0 Å². The first-order valence-electron chi connectivity index (χ1n) is 6.11. The smallest absolute Gasteiger partial charge is 0.0705 e. The van der Waals surface area contributed by atoms with Gasteiger partial charge < -0.3 is 11.5 Å². The third-order valence-corrected chi connectivity index (χ3v) is 3.07. The topological polar surface area (TPSA) is 64.9 Å². The van der Waals surface area contributed by atoms with Crippen LogP contribution >= 0.6 is 0 Å². The van der Waals surface area contributed by atoms with Gasteiger partial charge in [0.15, 0.2) is 0 Å². The first-order valence-corrected chi connectivity index (χ1v) is 6.11. The Kier molecular flexibility index (Phi) is 4.07. The Hall–Kier alpha value is -1.45. The third kappa shape index (κ3) is 2.81. The molecule has 17 heavy (non-hydrogen) atoms. The minimum absolute atomic E-state index is 0.384. The molecule has 0 aliphatic heterocycles. The molecular weight excluding hydrogens is 210 g/mol. The van der Waals surface area contributed by atoms with Gasteiger partial charge in [-0.1, -0.05) is 24.3 Å². The van der Waals surface area contributed by atoms with Crippen molar-refractivity contribution in [3.63, 3.8) is 0 Å². The largest absolute Gasteiger partial charge is 0.330 e. The molecule has 1 aromatic carbocycles. The maximum absolute atomic E-state index is 5.64. The Morgan fingerprint density at radius 3 is 2.35 bits per heavy atom. The van der Waals surface area contributed by atoms with E-state index < -0.39 is 0 Å². The predicted octanol–water partition coefficient (Wildman–Crippen LogP) is 2.02. The number of hydrogen-bond donors (Lipinski definition) is 2. The van der Waals surface area contributed by atoms with E-state index in [0.29, 0.717) is 19.0 Å². The van der Waals surface area contributed by atoms with Crippen molar-refractivity contribution in [3.8, 4) is 0 Å². The molecule has 3 heteroatoms. The summed E-state index contributed by atoms with van der Waals surface area (Å²) in [7, 11) is 0. The normalized spacial score (nSPS) is 11.2. The van der Waals surface area contributed by atoms with Crippen LogP contribution in [0.3, 0.4) is 0 Å². The number of fused-ring (bicyclic) bond motifs is 1. The van der Waals surface area contributed by atoms with Crippen molar-refractivity contribution in [2.45, 2.75) is 18.8 Å². The van der Waals surface area contributed by atoms with Crippen molar-refractivity contribution in [1.82, 2.24) is 4.98 Å². The van der Waals surface area contributed by atoms with E-state index >= 15 is 0 Å². The third-order valence-electron chi connectivity index (χ3n) is 3.07. The van der Waals surface area contributed by atoms with Gasteiger partial charge in [-0.05, 0) is 38.1 Å². The summed E-state index contributed by atoms with van der Waals surface area (Å²) in [6.45, 7) is 1.36. The van der Waals surface area contributed by atoms with Crippen LogP contribution in [0.4, 0.5) is 0 Å². The van der Waals surface area contributed by atoms with Gasteiger partial charge in [0.2, 0.25) is 0 Å². The fourth-order valence-corrected chi connectivity index (χ4v) is 2.15. The number of nitrogens with two attached hydrogens (primary N) is 2. The number of para-hydroxylation sites is 1. The summed E-state index contributed by atoms with van der Waals surface area (Å²) >= 11 is 0. The van der Waals surface area contributed by atoms with Gasteiger partial charge in [0.1, 0.15) is 0 Å². The number of aromatic nitrogens is 1. The highest BCUT2D eigenvalue weighted by Crippen LogP contribution is 2.23. The lowest BCUT2D eigenvalue weighted by molar-refractivity contribution is 0.579. The van der Waals surface area contributed by atoms with E-state index in [1.54, 1.807) is 0 Å². The lowest BCUT2D eigenvalue weighted by Gasteiger charge is -2.15. The summed E-state index contributed by atoms with van der Waals surface area (Å²) in [6.07, 6.45) is 1.89. The van der Waals surface area contributed by atoms with Crippen molar-refractivity contribution in [2.24, 2.45) is 11.5 Å². The van der Waals surface area contributed by atoms with Gasteiger partial charge >= 0.3 is 0 Å². The van der Waals surface area contributed by atoms with E-state index in [-0.39, 0.29) is 0 Å². The molecule has 0 aliphatic rings. The van der Waals surface area contributed by atoms with Crippen LogP contribution in [0, 0.1) is 0 Å². The second-order valence-electron chi connectivity index (χ2n) is 4.28. The van der Waals surface area contributed by atoms with Crippen molar-refractivity contribution >= 4 is 10.9 Å². The molecule has 0 unspecified atom stereocenters. The maximum atomic E-state index is 5.64. The average Bonchev–Trinajstić information content (AvgIpc) is 2.38. The summed E-state index contributed by atoms with van der Waals surface area (Å²) in [5, 5.41) is 1.18. The van der Waals surface area contributed by atoms with E-state index in [1.165, 1.54) is 5.39 Å². The molecular formula is C14H19N3. The quantitative estimate of drug-likeness (QED) is 0.824. The molecule has 0 amide bonds. The number of benzene rings is 1. The number of nitrogens with zero attached hydrogens (tertiary/aromatic N) is 1. The van der Waals surface area contributed by atoms with Gasteiger partial charge in [-0.3, -0.25) is 4.98 Å². The number of rotatable bonds is 5. The first kappa shape index (κ1) is 12.0. The van der Waals surface area contributed by atoms with E-state index in [2.05, 4.69) is 18.2 Å². The Bertz CT molecular complexity index is 476. The summed E-state index contributed by atoms with van der Waals surface area (Å²) in [5.41, 5.74) is 13.4. The highest BCUT2D eigenvalue weighted by molar-refractivity contribution is 5.78. The van der Waals surface area contributed by atoms with Gasteiger partial charge in [-0.25, -0.2) is 0 Å². The van der Waals surface area contributed by atoms with Crippen LogP contribution in [0.25, 0.3) is 10.9 Å². The molecule has 0 radical (unpaired) electrons. The molecule has 0 spiro atoms. The number of hydrogen-bond acceptors (Lipinski definition) is 3. The molecule has 0 atom stereocenters. The van der Waals surface area contributed by atoms with Crippen LogP contribution in [-0.4, -0.2) is 18.1 Å². The maximum Gasteiger partial charge on any atom is 0.0705 e. The lowest BCUT2D eigenvalue weighted by Crippen LogP contribution is -2.13.